The van der Waals surface area contributed by atoms with Gasteiger partial charge in [0.15, 0.2) is 0 Å². The molecule has 0 unspecified atom stereocenters. The number of hydrogen-bond donors (Lipinski definition) is 1. The van der Waals surface area contributed by atoms with E-state index in [0.717, 1.165) is 12.8 Å². The molecule has 0 spiro atoms. The van der Waals surface area contributed by atoms with Gasteiger partial charge in [-0.2, -0.15) is 0 Å². The first-order valence-electron chi connectivity index (χ1n) is 5.24. The summed E-state index contributed by atoms with van der Waals surface area (Å²) in [5.41, 5.74) is 5.73. The summed E-state index contributed by atoms with van der Waals surface area (Å²) in [7, 11) is 0. The third-order valence-corrected chi connectivity index (χ3v) is 2.37. The molecule has 0 aliphatic carbocycles. The fourth-order valence-electron chi connectivity index (χ4n) is 1.51. The Bertz CT molecular complexity index is 437. The number of anilines is 1. The number of aromatic nitrogens is 1. The highest BCUT2D eigenvalue weighted by Crippen LogP contribution is 2.05. The first kappa shape index (κ1) is 12.3. The second kappa shape index (κ2) is 5.34. The fraction of sp³-hybridized carbons (Fsp3) is 0.455. The molecule has 16 heavy (non-hydrogen) atoms. The number of hydrogen-bond acceptors (Lipinski definition) is 4. The van der Waals surface area contributed by atoms with Crippen LogP contribution in [0, 0.1) is 0 Å². The number of nitrogens with zero attached hydrogens (tertiary/aromatic N) is 1. The number of rotatable bonds is 5. The van der Waals surface area contributed by atoms with Crippen LogP contribution < -0.4 is 16.4 Å². The van der Waals surface area contributed by atoms with Crippen molar-refractivity contribution in [2.75, 3.05) is 5.73 Å². The molecule has 0 aromatic carbocycles. The van der Waals surface area contributed by atoms with Crippen molar-refractivity contribution < 1.29 is 9.90 Å². The van der Waals surface area contributed by atoms with Crippen LogP contribution in [-0.2, 0) is 17.8 Å². The van der Waals surface area contributed by atoms with Crippen LogP contribution in [0.1, 0.15) is 25.5 Å². The minimum atomic E-state index is -1.29. The summed E-state index contributed by atoms with van der Waals surface area (Å²) in [6.07, 6.45) is 2.54. The Morgan fingerprint density at radius 1 is 1.50 bits per heavy atom. The Labute approximate surface area is 93.5 Å². The Morgan fingerprint density at radius 2 is 2.19 bits per heavy atom. The topological polar surface area (TPSA) is 88.2 Å². The average molecular weight is 223 g/mol. The van der Waals surface area contributed by atoms with E-state index in [1.807, 2.05) is 6.92 Å². The van der Waals surface area contributed by atoms with Crippen LogP contribution in [0.4, 0.5) is 5.69 Å². The zero-order chi connectivity index (χ0) is 12.1. The van der Waals surface area contributed by atoms with Gasteiger partial charge >= 0.3 is 0 Å². The maximum atomic E-state index is 11.6. The maximum absolute atomic E-state index is 11.6. The van der Waals surface area contributed by atoms with Gasteiger partial charge in [-0.05, 0) is 25.0 Å². The predicted octanol–water partition coefficient (Wildman–Crippen LogP) is -0.477. The summed E-state index contributed by atoms with van der Waals surface area (Å²) in [4.78, 5) is 22.2. The number of carboxylic acid groups (broad SMARTS) is 1. The van der Waals surface area contributed by atoms with Crippen molar-refractivity contribution in [3.8, 4) is 0 Å². The lowest BCUT2D eigenvalue weighted by Crippen LogP contribution is -2.35. The van der Waals surface area contributed by atoms with Gasteiger partial charge < -0.3 is 20.2 Å². The number of pyridine rings is 1. The monoisotopic (exact) mass is 223 g/mol. The van der Waals surface area contributed by atoms with Crippen LogP contribution >= 0.6 is 0 Å². The van der Waals surface area contributed by atoms with Crippen molar-refractivity contribution in [1.82, 2.24) is 4.57 Å². The lowest BCUT2D eigenvalue weighted by molar-refractivity contribution is -0.306. The maximum Gasteiger partial charge on any atom is 0.274 e. The molecule has 5 heteroatoms. The molecule has 88 valence electrons. The highest BCUT2D eigenvalue weighted by Gasteiger charge is 2.06. The minimum Gasteiger partial charge on any atom is -0.548 e. The number of carbonyl (C=O) groups excluding carboxylic acids is 1. The van der Waals surface area contributed by atoms with Crippen molar-refractivity contribution in [3.63, 3.8) is 0 Å². The second-order valence-electron chi connectivity index (χ2n) is 3.65. The molecule has 0 aliphatic heterocycles. The number of aliphatic carboxylic acids is 1. The molecule has 1 heterocycles. The van der Waals surface area contributed by atoms with Crippen molar-refractivity contribution in [3.05, 3.63) is 28.2 Å². The van der Waals surface area contributed by atoms with Gasteiger partial charge in [-0.1, -0.05) is 13.3 Å². The SMILES string of the molecule is CCCCc1ccc(N)c(=O)n1CC(=O)[O-]. The van der Waals surface area contributed by atoms with Gasteiger partial charge in [0.1, 0.15) is 0 Å². The number of aryl methyl sites for hydroxylation is 1. The Balaban J connectivity index is 3.11. The predicted molar refractivity (Wildman–Crippen MR) is 58.7 cm³/mol. The molecular formula is C11H15N2O3-. The lowest BCUT2D eigenvalue weighted by atomic mass is 10.1. The second-order valence-corrected chi connectivity index (χ2v) is 3.65. The molecule has 0 amide bonds. The summed E-state index contributed by atoms with van der Waals surface area (Å²) in [5, 5.41) is 10.5. The summed E-state index contributed by atoms with van der Waals surface area (Å²) in [5.74, 6) is -1.29. The van der Waals surface area contributed by atoms with Gasteiger partial charge in [-0.15, -0.1) is 0 Å². The number of nitrogens with two attached hydrogens (primary N) is 1. The quantitative estimate of drug-likeness (QED) is 0.730. The van der Waals surface area contributed by atoms with Crippen molar-refractivity contribution >= 4 is 11.7 Å². The largest absolute Gasteiger partial charge is 0.548 e. The standard InChI is InChI=1S/C11H16N2O3/c1-2-3-4-8-5-6-9(12)11(16)13(8)7-10(14)15/h5-6H,2-4,7,12H2,1H3,(H,14,15)/p-1. The summed E-state index contributed by atoms with van der Waals surface area (Å²) in [6.45, 7) is 1.58. The first-order valence-corrected chi connectivity index (χ1v) is 5.24. The molecule has 0 aliphatic rings. The van der Waals surface area contributed by atoms with Crippen molar-refractivity contribution in [2.45, 2.75) is 32.7 Å². The zero-order valence-electron chi connectivity index (χ0n) is 9.23. The Morgan fingerprint density at radius 3 is 2.75 bits per heavy atom. The highest BCUT2D eigenvalue weighted by atomic mass is 16.4. The van der Waals surface area contributed by atoms with Crippen LogP contribution in [0.2, 0.25) is 0 Å². The third-order valence-electron chi connectivity index (χ3n) is 2.37. The van der Waals surface area contributed by atoms with Crippen LogP contribution in [0.15, 0.2) is 16.9 Å². The summed E-state index contributed by atoms with van der Waals surface area (Å²) >= 11 is 0. The molecule has 1 aromatic heterocycles. The summed E-state index contributed by atoms with van der Waals surface area (Å²) < 4.78 is 1.17. The van der Waals surface area contributed by atoms with Crippen LogP contribution in [-0.4, -0.2) is 10.5 Å². The van der Waals surface area contributed by atoms with E-state index in [4.69, 9.17) is 5.73 Å². The molecule has 0 radical (unpaired) electrons. The normalized spacial score (nSPS) is 10.3. The van der Waals surface area contributed by atoms with Gasteiger partial charge in [-0.25, -0.2) is 0 Å². The van der Waals surface area contributed by atoms with E-state index in [9.17, 15) is 14.7 Å². The molecule has 0 saturated carbocycles. The Kier molecular flexibility index (Phi) is 4.10. The number of carboxylic acids is 1. The first-order chi connectivity index (χ1) is 7.56. The van der Waals surface area contributed by atoms with Gasteiger partial charge in [0.25, 0.3) is 5.56 Å². The van der Waals surface area contributed by atoms with E-state index in [0.29, 0.717) is 12.1 Å². The lowest BCUT2D eigenvalue weighted by Gasteiger charge is -2.13. The van der Waals surface area contributed by atoms with E-state index < -0.39 is 18.1 Å². The van der Waals surface area contributed by atoms with Crippen LogP contribution in [0.25, 0.3) is 0 Å². The van der Waals surface area contributed by atoms with E-state index in [-0.39, 0.29) is 5.69 Å². The zero-order valence-corrected chi connectivity index (χ0v) is 9.23. The van der Waals surface area contributed by atoms with Crippen molar-refractivity contribution in [2.24, 2.45) is 0 Å². The number of carbonyl (C=O) groups is 1. The van der Waals surface area contributed by atoms with Gasteiger partial charge in [0.2, 0.25) is 0 Å². The molecular weight excluding hydrogens is 208 g/mol. The van der Waals surface area contributed by atoms with Gasteiger partial charge in [0.05, 0.1) is 18.2 Å². The van der Waals surface area contributed by atoms with Gasteiger partial charge in [-0.3, -0.25) is 4.79 Å². The highest BCUT2D eigenvalue weighted by molar-refractivity contribution is 5.64. The van der Waals surface area contributed by atoms with Crippen LogP contribution in [0.5, 0.6) is 0 Å². The Hall–Kier alpha value is -1.78. The molecule has 1 rings (SSSR count). The van der Waals surface area contributed by atoms with E-state index in [1.54, 1.807) is 6.07 Å². The molecule has 5 nitrogen and oxygen atoms in total. The fourth-order valence-corrected chi connectivity index (χ4v) is 1.51. The third kappa shape index (κ3) is 2.85. The number of nitrogen functional groups attached to an aromatic ring is 1. The average Bonchev–Trinajstić information content (AvgIpc) is 2.23. The van der Waals surface area contributed by atoms with Crippen LogP contribution in [0.3, 0.4) is 0 Å². The smallest absolute Gasteiger partial charge is 0.274 e. The number of unbranched alkanes of at least 4 members (excludes halogenated alkanes) is 1. The molecule has 0 fully saturated rings. The summed E-state index contributed by atoms with van der Waals surface area (Å²) in [6, 6.07) is 3.20. The molecule has 0 atom stereocenters. The van der Waals surface area contributed by atoms with E-state index in [2.05, 4.69) is 0 Å². The molecule has 1 aromatic rings. The molecule has 2 N–H and O–H groups in total. The van der Waals surface area contributed by atoms with E-state index in [1.165, 1.54) is 10.6 Å². The molecule has 0 bridgehead atoms. The molecule has 0 saturated heterocycles. The van der Waals surface area contributed by atoms with E-state index >= 15 is 0 Å². The van der Waals surface area contributed by atoms with Crippen molar-refractivity contribution in [1.29, 1.82) is 0 Å². The minimum absolute atomic E-state index is 0.0569. The van der Waals surface area contributed by atoms with Gasteiger partial charge in [0, 0.05) is 5.69 Å².